The minimum absolute atomic E-state index is 0.412. The molecule has 1 fully saturated rings. The third kappa shape index (κ3) is 8.53. The minimum Gasteiger partial charge on any atom is -0.390 e. The van der Waals surface area contributed by atoms with Gasteiger partial charge in [0.1, 0.15) is 0 Å². The molecule has 0 spiro atoms. The van der Waals surface area contributed by atoms with E-state index in [0.29, 0.717) is 0 Å². The van der Waals surface area contributed by atoms with Crippen LogP contribution in [0.5, 0.6) is 0 Å². The molecule has 0 aromatic rings. The van der Waals surface area contributed by atoms with E-state index >= 15 is 0 Å². The number of aliphatic hydroxyl groups is 1. The molecule has 132 valence electrons. The highest BCUT2D eigenvalue weighted by Gasteiger charge is 2.30. The summed E-state index contributed by atoms with van der Waals surface area (Å²) in [7, 11) is 0. The molecular formula is C20H41NO. The van der Waals surface area contributed by atoms with Crippen LogP contribution in [-0.4, -0.2) is 34.7 Å². The number of hydrogen-bond acceptors (Lipinski definition) is 2. The molecule has 2 heteroatoms. The molecule has 1 saturated heterocycles. The fraction of sp³-hybridized carbons (Fsp3) is 1.00. The SMILES string of the molecule is CCCCCCCC(CCCCCC)N1CCC(C)(O)CC1. The highest BCUT2D eigenvalue weighted by molar-refractivity contribution is 4.85. The van der Waals surface area contributed by atoms with Crippen molar-refractivity contribution in [3.8, 4) is 0 Å². The molecule has 1 unspecified atom stereocenters. The quantitative estimate of drug-likeness (QED) is 0.479. The summed E-state index contributed by atoms with van der Waals surface area (Å²) in [6.07, 6.45) is 17.1. The third-order valence-corrected chi connectivity index (χ3v) is 5.42. The maximum Gasteiger partial charge on any atom is 0.0644 e. The van der Waals surface area contributed by atoms with Crippen molar-refractivity contribution >= 4 is 0 Å². The van der Waals surface area contributed by atoms with Crippen LogP contribution < -0.4 is 0 Å². The molecule has 0 aliphatic carbocycles. The number of unbranched alkanes of at least 4 members (excludes halogenated alkanes) is 7. The lowest BCUT2D eigenvalue weighted by Crippen LogP contribution is -2.47. The van der Waals surface area contributed by atoms with Crippen LogP contribution in [0.3, 0.4) is 0 Å². The van der Waals surface area contributed by atoms with Gasteiger partial charge in [0.2, 0.25) is 0 Å². The summed E-state index contributed by atoms with van der Waals surface area (Å²) in [6.45, 7) is 8.78. The zero-order chi connectivity index (χ0) is 16.3. The highest BCUT2D eigenvalue weighted by Crippen LogP contribution is 2.26. The van der Waals surface area contributed by atoms with E-state index in [0.717, 1.165) is 32.0 Å². The summed E-state index contributed by atoms with van der Waals surface area (Å²) in [4.78, 5) is 2.68. The lowest BCUT2D eigenvalue weighted by molar-refractivity contribution is -0.0190. The maximum absolute atomic E-state index is 10.2. The summed E-state index contributed by atoms with van der Waals surface area (Å²) in [5.74, 6) is 0. The van der Waals surface area contributed by atoms with Crippen LogP contribution in [0.25, 0.3) is 0 Å². The Labute approximate surface area is 139 Å². The van der Waals surface area contributed by atoms with Crippen LogP contribution in [-0.2, 0) is 0 Å². The van der Waals surface area contributed by atoms with Gasteiger partial charge < -0.3 is 10.0 Å². The van der Waals surface area contributed by atoms with Gasteiger partial charge in [0.25, 0.3) is 0 Å². The van der Waals surface area contributed by atoms with Gasteiger partial charge >= 0.3 is 0 Å². The van der Waals surface area contributed by atoms with Crippen LogP contribution in [0.15, 0.2) is 0 Å². The van der Waals surface area contributed by atoms with E-state index in [4.69, 9.17) is 0 Å². The van der Waals surface area contributed by atoms with Crippen LogP contribution in [0, 0.1) is 0 Å². The van der Waals surface area contributed by atoms with Gasteiger partial charge in [0.15, 0.2) is 0 Å². The molecule has 0 radical (unpaired) electrons. The largest absolute Gasteiger partial charge is 0.390 e. The lowest BCUT2D eigenvalue weighted by atomic mass is 9.91. The Hall–Kier alpha value is -0.0800. The van der Waals surface area contributed by atoms with E-state index in [9.17, 15) is 5.11 Å². The van der Waals surface area contributed by atoms with Crippen LogP contribution in [0.1, 0.15) is 104 Å². The van der Waals surface area contributed by atoms with Crippen molar-refractivity contribution in [2.75, 3.05) is 13.1 Å². The van der Waals surface area contributed by atoms with E-state index in [2.05, 4.69) is 18.7 Å². The zero-order valence-corrected chi connectivity index (χ0v) is 15.6. The third-order valence-electron chi connectivity index (χ3n) is 5.42. The summed E-state index contributed by atoms with van der Waals surface area (Å²) in [5, 5.41) is 10.2. The highest BCUT2D eigenvalue weighted by atomic mass is 16.3. The van der Waals surface area contributed by atoms with Crippen molar-refractivity contribution in [2.24, 2.45) is 0 Å². The summed E-state index contributed by atoms with van der Waals surface area (Å²) in [6, 6.07) is 0.773. The molecule has 0 aromatic heterocycles. The Morgan fingerprint density at radius 3 is 1.77 bits per heavy atom. The van der Waals surface area contributed by atoms with Crippen molar-refractivity contribution in [1.82, 2.24) is 4.90 Å². The Balaban J connectivity index is 2.33. The van der Waals surface area contributed by atoms with Crippen molar-refractivity contribution in [1.29, 1.82) is 0 Å². The molecule has 0 amide bonds. The Bertz CT molecular complexity index is 254. The van der Waals surface area contributed by atoms with Gasteiger partial charge in [-0.1, -0.05) is 71.6 Å². The van der Waals surface area contributed by atoms with Crippen LogP contribution in [0.4, 0.5) is 0 Å². The lowest BCUT2D eigenvalue weighted by Gasteiger charge is -2.40. The molecule has 1 rings (SSSR count). The molecule has 1 aliphatic rings. The first-order valence-electron chi connectivity index (χ1n) is 10.1. The Kier molecular flexibility index (Phi) is 10.4. The number of likely N-dealkylation sites (tertiary alicyclic amines) is 1. The van der Waals surface area contributed by atoms with E-state index in [1.54, 1.807) is 0 Å². The first kappa shape index (κ1) is 20.0. The summed E-state index contributed by atoms with van der Waals surface area (Å²) in [5.41, 5.74) is -0.412. The molecule has 1 atom stereocenters. The molecule has 1 N–H and O–H groups in total. The predicted molar refractivity (Wildman–Crippen MR) is 97.4 cm³/mol. The number of nitrogens with zero attached hydrogens (tertiary/aromatic N) is 1. The van der Waals surface area contributed by atoms with Gasteiger partial charge in [0, 0.05) is 19.1 Å². The second kappa shape index (κ2) is 11.5. The average Bonchev–Trinajstić information content (AvgIpc) is 2.49. The standard InChI is InChI=1S/C20H41NO/c1-4-6-8-10-12-14-19(13-11-9-7-5-2)21-17-15-20(3,22)16-18-21/h19,22H,4-18H2,1-3H3. The Morgan fingerprint density at radius 1 is 0.818 bits per heavy atom. The molecule has 1 aliphatic heterocycles. The minimum atomic E-state index is -0.412. The fourth-order valence-corrected chi connectivity index (χ4v) is 3.67. The van der Waals surface area contributed by atoms with Gasteiger partial charge in [-0.3, -0.25) is 0 Å². The first-order chi connectivity index (χ1) is 10.6. The zero-order valence-electron chi connectivity index (χ0n) is 15.6. The van der Waals surface area contributed by atoms with E-state index in [1.165, 1.54) is 70.6 Å². The molecule has 1 heterocycles. The van der Waals surface area contributed by atoms with E-state index in [1.807, 2.05) is 6.92 Å². The van der Waals surface area contributed by atoms with Gasteiger partial charge in [-0.2, -0.15) is 0 Å². The van der Waals surface area contributed by atoms with Gasteiger partial charge in [-0.25, -0.2) is 0 Å². The van der Waals surface area contributed by atoms with Crippen LogP contribution in [0.2, 0.25) is 0 Å². The fourth-order valence-electron chi connectivity index (χ4n) is 3.67. The molecule has 2 nitrogen and oxygen atoms in total. The molecular weight excluding hydrogens is 270 g/mol. The van der Waals surface area contributed by atoms with Crippen molar-refractivity contribution in [3.05, 3.63) is 0 Å². The Morgan fingerprint density at radius 2 is 1.27 bits per heavy atom. The number of hydrogen-bond donors (Lipinski definition) is 1. The second-order valence-corrected chi connectivity index (χ2v) is 7.74. The molecule has 0 saturated carbocycles. The van der Waals surface area contributed by atoms with E-state index < -0.39 is 5.60 Å². The van der Waals surface area contributed by atoms with Crippen molar-refractivity contribution in [2.45, 2.75) is 116 Å². The van der Waals surface area contributed by atoms with Gasteiger partial charge in [-0.05, 0) is 32.6 Å². The van der Waals surface area contributed by atoms with Gasteiger partial charge in [-0.15, -0.1) is 0 Å². The number of rotatable bonds is 12. The average molecular weight is 312 g/mol. The van der Waals surface area contributed by atoms with Crippen LogP contribution >= 0.6 is 0 Å². The van der Waals surface area contributed by atoms with E-state index in [-0.39, 0.29) is 0 Å². The first-order valence-corrected chi connectivity index (χ1v) is 10.1. The maximum atomic E-state index is 10.2. The monoisotopic (exact) mass is 311 g/mol. The normalized spacial score (nSPS) is 20.2. The van der Waals surface area contributed by atoms with Gasteiger partial charge in [0.05, 0.1) is 5.60 Å². The smallest absolute Gasteiger partial charge is 0.0644 e. The molecule has 22 heavy (non-hydrogen) atoms. The molecule has 0 bridgehead atoms. The summed E-state index contributed by atoms with van der Waals surface area (Å²) >= 11 is 0. The van der Waals surface area contributed by atoms with Crippen molar-refractivity contribution in [3.63, 3.8) is 0 Å². The number of piperidine rings is 1. The topological polar surface area (TPSA) is 23.5 Å². The summed E-state index contributed by atoms with van der Waals surface area (Å²) < 4.78 is 0. The van der Waals surface area contributed by atoms with Crippen molar-refractivity contribution < 1.29 is 5.11 Å². The molecule has 0 aromatic carbocycles. The second-order valence-electron chi connectivity index (χ2n) is 7.74. The predicted octanol–water partition coefficient (Wildman–Crippen LogP) is 5.53.